The third kappa shape index (κ3) is 4.58. The fraction of sp³-hybridized carbons (Fsp3) is 0.292. The number of methoxy groups -OCH3 is 1. The Hall–Kier alpha value is -3.92. The number of primary amides is 1. The van der Waals surface area contributed by atoms with Gasteiger partial charge in [0.15, 0.2) is 0 Å². The van der Waals surface area contributed by atoms with Gasteiger partial charge in [-0.2, -0.15) is 5.10 Å². The maximum Gasteiger partial charge on any atom is 0.255 e. The number of nitrogens with two attached hydrogens (primary N) is 2. The summed E-state index contributed by atoms with van der Waals surface area (Å²) in [5, 5.41) is 7.30. The lowest BCUT2D eigenvalue weighted by atomic mass is 10.0. The van der Waals surface area contributed by atoms with Crippen molar-refractivity contribution < 1.29 is 23.5 Å². The van der Waals surface area contributed by atoms with Gasteiger partial charge in [-0.25, -0.2) is 9.07 Å². The van der Waals surface area contributed by atoms with Crippen molar-refractivity contribution >= 4 is 17.6 Å². The van der Waals surface area contributed by atoms with Gasteiger partial charge >= 0.3 is 0 Å². The second-order valence-electron chi connectivity index (χ2n) is 7.94. The van der Waals surface area contributed by atoms with Crippen LogP contribution in [-0.4, -0.2) is 48.1 Å². The summed E-state index contributed by atoms with van der Waals surface area (Å²) >= 11 is 0. The van der Waals surface area contributed by atoms with Gasteiger partial charge in [-0.3, -0.25) is 9.59 Å². The number of ether oxygens (including phenoxy) is 2. The van der Waals surface area contributed by atoms with Crippen LogP contribution in [0, 0.1) is 0 Å². The topological polar surface area (TPSA) is 134 Å². The molecule has 0 saturated carbocycles. The molecule has 2 heterocycles. The summed E-state index contributed by atoms with van der Waals surface area (Å²) in [5.41, 5.74) is 13.9. The SMILES string of the molecule is COc1ccccc1C(=O)NCc1ccc(-c2nn([C@H]3CCOC[C@@H]3F)c(N)c2C(N)=O)cc1. The van der Waals surface area contributed by atoms with Gasteiger partial charge in [0.1, 0.15) is 29.0 Å². The first-order chi connectivity index (χ1) is 16.4. The number of hydrogen-bond donors (Lipinski definition) is 3. The Balaban J connectivity index is 1.54. The molecule has 2 atom stereocenters. The standard InChI is InChI=1S/C24H26FN5O4/c1-33-19-5-3-2-4-16(19)24(32)28-12-14-6-8-15(9-7-14)21-20(23(27)31)22(26)30(29-21)18-10-11-34-13-17(18)25/h2-9,17-18H,10-13,26H2,1H3,(H2,27,31)(H,28,32)/t17-,18-/m0/s1. The van der Waals surface area contributed by atoms with Crippen molar-refractivity contribution in [3.05, 3.63) is 65.2 Å². The molecular weight excluding hydrogens is 441 g/mol. The maximum atomic E-state index is 14.4. The molecule has 3 aromatic rings. The van der Waals surface area contributed by atoms with Crippen molar-refractivity contribution in [3.63, 3.8) is 0 Å². The molecule has 5 N–H and O–H groups in total. The lowest BCUT2D eigenvalue weighted by Gasteiger charge is -2.27. The minimum atomic E-state index is -1.29. The molecule has 2 amide bonds. The molecule has 1 saturated heterocycles. The summed E-state index contributed by atoms with van der Waals surface area (Å²) in [7, 11) is 1.51. The Labute approximate surface area is 195 Å². The fourth-order valence-corrected chi connectivity index (χ4v) is 4.00. The molecule has 9 nitrogen and oxygen atoms in total. The van der Waals surface area contributed by atoms with Gasteiger partial charge in [-0.05, 0) is 24.1 Å². The molecule has 10 heteroatoms. The van der Waals surface area contributed by atoms with Gasteiger partial charge in [0, 0.05) is 18.7 Å². The van der Waals surface area contributed by atoms with Crippen molar-refractivity contribution in [3.8, 4) is 17.0 Å². The van der Waals surface area contributed by atoms with E-state index in [4.69, 9.17) is 20.9 Å². The third-order valence-corrected chi connectivity index (χ3v) is 5.79. The molecule has 0 spiro atoms. The average molecular weight is 468 g/mol. The molecule has 0 aliphatic carbocycles. The molecule has 1 fully saturated rings. The molecule has 0 bridgehead atoms. The van der Waals surface area contributed by atoms with Gasteiger partial charge in [-0.1, -0.05) is 36.4 Å². The molecule has 2 aromatic carbocycles. The van der Waals surface area contributed by atoms with E-state index in [1.807, 2.05) is 0 Å². The zero-order valence-electron chi connectivity index (χ0n) is 18.7. The van der Waals surface area contributed by atoms with Crippen LogP contribution in [0.3, 0.4) is 0 Å². The van der Waals surface area contributed by atoms with Crippen LogP contribution in [0.15, 0.2) is 48.5 Å². The lowest BCUT2D eigenvalue weighted by molar-refractivity contribution is 0.000592. The minimum absolute atomic E-state index is 0.0326. The average Bonchev–Trinajstić information content (AvgIpc) is 3.20. The van der Waals surface area contributed by atoms with Crippen LogP contribution in [0.5, 0.6) is 5.75 Å². The molecule has 1 aliphatic heterocycles. The monoisotopic (exact) mass is 467 g/mol. The number of anilines is 1. The largest absolute Gasteiger partial charge is 0.496 e. The first kappa shape index (κ1) is 23.2. The van der Waals surface area contributed by atoms with E-state index in [9.17, 15) is 14.0 Å². The molecular formula is C24H26FN5O4. The van der Waals surface area contributed by atoms with Crippen LogP contribution in [-0.2, 0) is 11.3 Å². The maximum absolute atomic E-state index is 14.4. The van der Waals surface area contributed by atoms with Crippen LogP contribution in [0.2, 0.25) is 0 Å². The van der Waals surface area contributed by atoms with E-state index in [1.54, 1.807) is 48.5 Å². The smallest absolute Gasteiger partial charge is 0.255 e. The number of aromatic nitrogens is 2. The zero-order chi connectivity index (χ0) is 24.2. The lowest BCUT2D eigenvalue weighted by Crippen LogP contribution is -2.32. The molecule has 178 valence electrons. The molecule has 4 rings (SSSR count). The Kier molecular flexibility index (Phi) is 6.78. The Morgan fingerprint density at radius 1 is 1.24 bits per heavy atom. The van der Waals surface area contributed by atoms with E-state index in [1.165, 1.54) is 11.8 Å². The van der Waals surface area contributed by atoms with Gasteiger partial charge in [0.25, 0.3) is 11.8 Å². The predicted octanol–water partition coefficient (Wildman–Crippen LogP) is 2.47. The van der Waals surface area contributed by atoms with E-state index in [2.05, 4.69) is 10.4 Å². The van der Waals surface area contributed by atoms with Gasteiger partial charge in [0.2, 0.25) is 0 Å². The number of hydrogen-bond acceptors (Lipinski definition) is 6. The summed E-state index contributed by atoms with van der Waals surface area (Å²) in [6, 6.07) is 13.4. The number of nitrogens with one attached hydrogen (secondary N) is 1. The predicted molar refractivity (Wildman–Crippen MR) is 124 cm³/mol. The van der Waals surface area contributed by atoms with Crippen molar-refractivity contribution in [2.24, 2.45) is 5.73 Å². The number of alkyl halides is 1. The first-order valence-electron chi connectivity index (χ1n) is 10.8. The van der Waals surface area contributed by atoms with Crippen LogP contribution >= 0.6 is 0 Å². The number of carbonyl (C=O) groups is 2. The molecule has 1 aliphatic rings. The number of amides is 2. The summed E-state index contributed by atoms with van der Waals surface area (Å²) < 4.78 is 26.1. The van der Waals surface area contributed by atoms with Crippen molar-refractivity contribution in [1.29, 1.82) is 0 Å². The quantitative estimate of drug-likeness (QED) is 0.489. The number of rotatable bonds is 7. The molecule has 0 unspecified atom stereocenters. The van der Waals surface area contributed by atoms with E-state index in [0.717, 1.165) is 5.56 Å². The number of carbonyl (C=O) groups excluding carboxylic acids is 2. The summed E-state index contributed by atoms with van der Waals surface area (Å²) in [6.07, 6.45) is -0.908. The highest BCUT2D eigenvalue weighted by molar-refractivity contribution is 6.03. The second kappa shape index (κ2) is 9.92. The second-order valence-corrected chi connectivity index (χ2v) is 7.94. The number of nitrogen functional groups attached to an aromatic ring is 1. The van der Waals surface area contributed by atoms with Crippen molar-refractivity contribution in [2.75, 3.05) is 26.1 Å². The molecule has 0 radical (unpaired) electrons. The van der Waals surface area contributed by atoms with Crippen LogP contribution in [0.25, 0.3) is 11.3 Å². The zero-order valence-corrected chi connectivity index (χ0v) is 18.7. The van der Waals surface area contributed by atoms with E-state index in [0.29, 0.717) is 29.9 Å². The van der Waals surface area contributed by atoms with E-state index in [-0.39, 0.29) is 36.1 Å². The first-order valence-corrected chi connectivity index (χ1v) is 10.8. The Morgan fingerprint density at radius 3 is 2.65 bits per heavy atom. The van der Waals surface area contributed by atoms with Crippen LogP contribution in [0.1, 0.15) is 38.7 Å². The number of benzene rings is 2. The number of nitrogens with zero attached hydrogens (tertiary/aromatic N) is 2. The molecule has 1 aromatic heterocycles. The van der Waals surface area contributed by atoms with Gasteiger partial charge in [-0.15, -0.1) is 0 Å². The summed E-state index contributed by atoms with van der Waals surface area (Å²) in [5.74, 6) is -0.483. The Morgan fingerprint density at radius 2 is 1.97 bits per heavy atom. The fourth-order valence-electron chi connectivity index (χ4n) is 4.00. The Bertz CT molecular complexity index is 1190. The third-order valence-electron chi connectivity index (χ3n) is 5.79. The van der Waals surface area contributed by atoms with E-state index < -0.39 is 18.1 Å². The minimum Gasteiger partial charge on any atom is -0.496 e. The van der Waals surface area contributed by atoms with Crippen molar-refractivity contribution in [1.82, 2.24) is 15.1 Å². The summed E-state index contributed by atoms with van der Waals surface area (Å²) in [4.78, 5) is 24.7. The normalized spacial score (nSPS) is 17.8. The highest BCUT2D eigenvalue weighted by Gasteiger charge is 2.32. The summed E-state index contributed by atoms with van der Waals surface area (Å²) in [6.45, 7) is 0.601. The van der Waals surface area contributed by atoms with Gasteiger partial charge in [0.05, 0.1) is 25.3 Å². The van der Waals surface area contributed by atoms with E-state index >= 15 is 0 Å². The number of halogens is 1. The van der Waals surface area contributed by atoms with Crippen molar-refractivity contribution in [2.45, 2.75) is 25.2 Å². The highest BCUT2D eigenvalue weighted by atomic mass is 19.1. The van der Waals surface area contributed by atoms with Crippen LogP contribution < -0.4 is 21.5 Å². The number of para-hydroxylation sites is 1. The van der Waals surface area contributed by atoms with Crippen LogP contribution in [0.4, 0.5) is 10.2 Å². The van der Waals surface area contributed by atoms with Gasteiger partial charge < -0.3 is 26.3 Å². The molecule has 34 heavy (non-hydrogen) atoms. The highest BCUT2D eigenvalue weighted by Crippen LogP contribution is 2.33.